The maximum absolute atomic E-state index is 12.5. The molecule has 1 amide bonds. The fourth-order valence-corrected chi connectivity index (χ4v) is 6.07. The van der Waals surface area contributed by atoms with Crippen molar-refractivity contribution in [2.24, 2.45) is 11.8 Å². The number of furan rings is 1. The fourth-order valence-electron chi connectivity index (χ4n) is 3.94. The van der Waals surface area contributed by atoms with Gasteiger partial charge in [-0.15, -0.1) is 0 Å². The summed E-state index contributed by atoms with van der Waals surface area (Å²) in [6.45, 7) is 7.45. The highest BCUT2D eigenvalue weighted by atomic mass is 32.2. The van der Waals surface area contributed by atoms with E-state index in [2.05, 4.69) is 10.2 Å². The number of alkyl halides is 3. The van der Waals surface area contributed by atoms with Crippen LogP contribution in [0.4, 0.5) is 13.2 Å². The van der Waals surface area contributed by atoms with Gasteiger partial charge >= 0.3 is 12.1 Å². The van der Waals surface area contributed by atoms with E-state index in [9.17, 15) is 26.4 Å². The minimum absolute atomic E-state index is 0.00871. The van der Waals surface area contributed by atoms with Crippen LogP contribution in [0.1, 0.15) is 31.8 Å². The van der Waals surface area contributed by atoms with Crippen molar-refractivity contribution in [3.05, 3.63) is 23.7 Å². The van der Waals surface area contributed by atoms with E-state index < -0.39 is 27.2 Å². The quantitative estimate of drug-likeness (QED) is 0.694. The molecule has 0 aliphatic carbocycles. The van der Waals surface area contributed by atoms with Gasteiger partial charge < -0.3 is 14.8 Å². The molecule has 1 aromatic rings. The Morgan fingerprint density at radius 3 is 2.39 bits per heavy atom. The van der Waals surface area contributed by atoms with Crippen LogP contribution in [0.3, 0.4) is 0 Å². The number of nitrogens with one attached hydrogen (secondary N) is 1. The Morgan fingerprint density at radius 1 is 1.29 bits per heavy atom. The Hall–Kier alpha value is -2.08. The average Bonchev–Trinajstić information content (AvgIpc) is 3.21. The molecule has 0 aromatic carbocycles. The third kappa shape index (κ3) is 6.70. The number of amides is 1. The second-order valence-electron chi connectivity index (χ2n) is 8.14. The Balaban J connectivity index is 0.000000423. The molecular formula is C19H27F3N2O6S. The van der Waals surface area contributed by atoms with Crippen LogP contribution in [-0.2, 0) is 26.0 Å². The summed E-state index contributed by atoms with van der Waals surface area (Å²) in [6, 6.07) is 3.90. The van der Waals surface area contributed by atoms with Gasteiger partial charge in [0.2, 0.25) is 5.91 Å². The van der Waals surface area contributed by atoms with E-state index in [1.165, 1.54) is 0 Å². The summed E-state index contributed by atoms with van der Waals surface area (Å²) in [5.74, 6) is -1.31. The van der Waals surface area contributed by atoms with Crippen molar-refractivity contribution >= 4 is 21.7 Å². The van der Waals surface area contributed by atoms with Crippen LogP contribution in [-0.4, -0.2) is 66.6 Å². The largest absolute Gasteiger partial charge is 0.490 e. The van der Waals surface area contributed by atoms with Crippen LogP contribution in [0.2, 0.25) is 0 Å². The third-order valence-corrected chi connectivity index (χ3v) is 7.49. The molecule has 2 aliphatic heterocycles. The maximum Gasteiger partial charge on any atom is 0.490 e. The lowest BCUT2D eigenvalue weighted by Gasteiger charge is -2.32. The highest BCUT2D eigenvalue weighted by Gasteiger charge is 2.50. The Morgan fingerprint density at radius 2 is 1.90 bits per heavy atom. The van der Waals surface area contributed by atoms with Crippen molar-refractivity contribution in [2.45, 2.75) is 51.2 Å². The van der Waals surface area contributed by atoms with Crippen LogP contribution in [0, 0.1) is 18.8 Å². The number of carbonyl (C=O) groups is 2. The number of sulfone groups is 1. The van der Waals surface area contributed by atoms with Crippen LogP contribution in [0.5, 0.6) is 0 Å². The Labute approximate surface area is 178 Å². The molecule has 31 heavy (non-hydrogen) atoms. The molecule has 2 N–H and O–H groups in total. The topological polar surface area (TPSA) is 117 Å². The first kappa shape index (κ1) is 25.2. The van der Waals surface area contributed by atoms with E-state index >= 15 is 0 Å². The second kappa shape index (κ2) is 9.60. The molecule has 0 spiro atoms. The molecule has 2 saturated heterocycles. The van der Waals surface area contributed by atoms with Crippen LogP contribution < -0.4 is 5.32 Å². The zero-order chi connectivity index (χ0) is 23.6. The van der Waals surface area contributed by atoms with Gasteiger partial charge in [0, 0.05) is 31.0 Å². The number of carboxylic acids is 1. The number of hydrogen-bond donors (Lipinski definition) is 2. The average molecular weight is 468 g/mol. The van der Waals surface area contributed by atoms with Gasteiger partial charge in [0.05, 0.1) is 17.5 Å². The van der Waals surface area contributed by atoms with Crippen LogP contribution in [0.15, 0.2) is 16.5 Å². The summed E-state index contributed by atoms with van der Waals surface area (Å²) < 4.78 is 62.3. The van der Waals surface area contributed by atoms with Gasteiger partial charge in [0.25, 0.3) is 0 Å². The minimum Gasteiger partial charge on any atom is -0.475 e. The standard InChI is InChI=1S/C17H26N2O4S.C2HF3O2/c1-11(2)18-17(20)14-6-7-24(21,22)16-10-19(9-15(14)16)8-13-5-4-12(3)23-13;3-2(4,5)1(6)7/h4-5,11,14-16H,6-10H2,1-3H3,(H,18,20);(H,6,7)/t14-,15+,16+;/m0./s1. The van der Waals surface area contributed by atoms with E-state index in [1.54, 1.807) is 0 Å². The number of fused-ring (bicyclic) bond motifs is 1. The summed E-state index contributed by atoms with van der Waals surface area (Å²) in [6.07, 6.45) is -4.66. The number of aryl methyl sites for hydroxylation is 1. The molecule has 0 radical (unpaired) electrons. The number of rotatable bonds is 4. The van der Waals surface area contributed by atoms with Crippen molar-refractivity contribution in [1.29, 1.82) is 0 Å². The van der Waals surface area contributed by atoms with E-state index in [4.69, 9.17) is 14.3 Å². The van der Waals surface area contributed by atoms with Gasteiger partial charge in [-0.2, -0.15) is 13.2 Å². The van der Waals surface area contributed by atoms with Crippen molar-refractivity contribution in [1.82, 2.24) is 10.2 Å². The van der Waals surface area contributed by atoms with Crippen molar-refractivity contribution in [3.63, 3.8) is 0 Å². The molecule has 1 aromatic heterocycles. The van der Waals surface area contributed by atoms with E-state index in [0.29, 0.717) is 26.1 Å². The third-order valence-electron chi connectivity index (χ3n) is 5.26. The lowest BCUT2D eigenvalue weighted by molar-refractivity contribution is -0.192. The van der Waals surface area contributed by atoms with Crippen molar-refractivity contribution in [2.75, 3.05) is 18.8 Å². The molecule has 0 saturated carbocycles. The smallest absolute Gasteiger partial charge is 0.475 e. The molecule has 2 fully saturated rings. The summed E-state index contributed by atoms with van der Waals surface area (Å²) in [7, 11) is -3.13. The molecule has 12 heteroatoms. The molecule has 0 unspecified atom stereocenters. The number of aliphatic carboxylic acids is 1. The summed E-state index contributed by atoms with van der Waals surface area (Å²) in [5.41, 5.74) is 0. The summed E-state index contributed by atoms with van der Waals surface area (Å²) >= 11 is 0. The Bertz CT molecular complexity index is 897. The maximum atomic E-state index is 12.5. The predicted octanol–water partition coefficient (Wildman–Crippen LogP) is 1.98. The number of carbonyl (C=O) groups excluding carboxylic acids is 1. The highest BCUT2D eigenvalue weighted by molar-refractivity contribution is 7.92. The van der Waals surface area contributed by atoms with Gasteiger partial charge in [-0.1, -0.05) is 0 Å². The molecule has 176 valence electrons. The first-order valence-corrected chi connectivity index (χ1v) is 11.5. The number of hydrogen-bond acceptors (Lipinski definition) is 6. The number of carboxylic acid groups (broad SMARTS) is 1. The van der Waals surface area contributed by atoms with Gasteiger partial charge in [0.15, 0.2) is 9.84 Å². The summed E-state index contributed by atoms with van der Waals surface area (Å²) in [5, 5.41) is 9.63. The van der Waals surface area contributed by atoms with Crippen molar-refractivity contribution < 1.29 is 40.7 Å². The van der Waals surface area contributed by atoms with E-state index in [1.807, 2.05) is 32.9 Å². The van der Waals surface area contributed by atoms with Crippen molar-refractivity contribution in [3.8, 4) is 0 Å². The van der Waals surface area contributed by atoms with Gasteiger partial charge in [-0.3, -0.25) is 9.69 Å². The monoisotopic (exact) mass is 468 g/mol. The molecule has 2 aliphatic rings. The first-order chi connectivity index (χ1) is 14.2. The zero-order valence-corrected chi connectivity index (χ0v) is 18.3. The van der Waals surface area contributed by atoms with Gasteiger partial charge in [-0.25, -0.2) is 13.2 Å². The molecule has 0 bridgehead atoms. The fraction of sp³-hybridized carbons (Fsp3) is 0.684. The molecule has 8 nitrogen and oxygen atoms in total. The number of likely N-dealkylation sites (tertiary alicyclic amines) is 1. The van der Waals surface area contributed by atoms with E-state index in [-0.39, 0.29) is 29.5 Å². The van der Waals surface area contributed by atoms with Crippen LogP contribution in [0.25, 0.3) is 0 Å². The zero-order valence-electron chi connectivity index (χ0n) is 17.5. The van der Waals surface area contributed by atoms with E-state index in [0.717, 1.165) is 11.5 Å². The molecular weight excluding hydrogens is 441 g/mol. The first-order valence-electron chi connectivity index (χ1n) is 9.80. The summed E-state index contributed by atoms with van der Waals surface area (Å²) in [4.78, 5) is 23.5. The van der Waals surface area contributed by atoms with Gasteiger partial charge in [0.1, 0.15) is 11.5 Å². The highest BCUT2D eigenvalue weighted by Crippen LogP contribution is 2.37. The molecule has 3 rings (SSSR count). The molecule has 3 heterocycles. The SMILES string of the molecule is Cc1ccc(CN2C[C@@H]3[C@@H](C(=O)NC(C)C)CCS(=O)(=O)[C@@H]3C2)o1.O=C(O)C(F)(F)F. The second-order valence-corrected chi connectivity index (χ2v) is 10.5. The predicted molar refractivity (Wildman–Crippen MR) is 105 cm³/mol. The normalized spacial score (nSPS) is 25.5. The van der Waals surface area contributed by atoms with Gasteiger partial charge in [-0.05, 0) is 39.3 Å². The molecule has 3 atom stereocenters. The number of nitrogens with zero attached hydrogens (tertiary/aromatic N) is 1. The minimum atomic E-state index is -5.08. The number of halogens is 3. The Kier molecular flexibility index (Phi) is 7.79. The lowest BCUT2D eigenvalue weighted by atomic mass is 9.87. The lowest BCUT2D eigenvalue weighted by Crippen LogP contribution is -2.48. The van der Waals surface area contributed by atoms with Crippen LogP contribution >= 0.6 is 0 Å².